The highest BCUT2D eigenvalue weighted by Gasteiger charge is 2.34. The number of likely N-dealkylation sites (tertiary alicyclic amines) is 3. The van der Waals surface area contributed by atoms with Crippen LogP contribution in [-0.2, 0) is 11.3 Å². The van der Waals surface area contributed by atoms with Gasteiger partial charge in [0.1, 0.15) is 11.5 Å². The van der Waals surface area contributed by atoms with E-state index in [9.17, 15) is 4.79 Å². The van der Waals surface area contributed by atoms with Crippen molar-refractivity contribution in [3.05, 3.63) is 23.7 Å². The number of hydrogen-bond acceptors (Lipinski definition) is 4. The number of piperidine rings is 2. The quantitative estimate of drug-likeness (QED) is 0.829. The van der Waals surface area contributed by atoms with Crippen molar-refractivity contribution in [3.63, 3.8) is 0 Å². The van der Waals surface area contributed by atoms with E-state index >= 15 is 0 Å². The summed E-state index contributed by atoms with van der Waals surface area (Å²) in [6.45, 7) is 9.32. The maximum absolute atomic E-state index is 12.8. The van der Waals surface area contributed by atoms with Crippen molar-refractivity contribution in [3.8, 4) is 0 Å². The minimum atomic E-state index is 0.242. The standard InChI is InChI=1S/C21H33N3O2/c1-17-6-7-20(26-17)16-22-13-8-19(9-14-22)24-12-4-5-18(15-24)21(25)23-10-2-3-11-23/h6-7,18-19H,2-5,8-16H2,1H3. The smallest absolute Gasteiger partial charge is 0.226 e. The SMILES string of the molecule is Cc1ccc(CN2CCC(N3CCCC(C(=O)N4CCCC4)C3)CC2)o1. The second kappa shape index (κ2) is 8.13. The van der Waals surface area contributed by atoms with Crippen molar-refractivity contribution in [2.24, 2.45) is 5.92 Å². The fourth-order valence-corrected chi connectivity index (χ4v) is 4.97. The zero-order valence-corrected chi connectivity index (χ0v) is 16.2. The lowest BCUT2D eigenvalue weighted by Gasteiger charge is -2.42. The lowest BCUT2D eigenvalue weighted by Crippen LogP contribution is -2.50. The summed E-state index contributed by atoms with van der Waals surface area (Å²) >= 11 is 0. The molecule has 5 heteroatoms. The van der Waals surface area contributed by atoms with Crippen LogP contribution >= 0.6 is 0 Å². The first kappa shape index (κ1) is 18.1. The van der Waals surface area contributed by atoms with Gasteiger partial charge in [0, 0.05) is 38.8 Å². The van der Waals surface area contributed by atoms with Crippen LogP contribution in [0.5, 0.6) is 0 Å². The molecular formula is C21H33N3O2. The molecule has 3 aliphatic rings. The van der Waals surface area contributed by atoms with Gasteiger partial charge in [-0.2, -0.15) is 0 Å². The molecule has 0 aliphatic carbocycles. The Morgan fingerprint density at radius 3 is 2.50 bits per heavy atom. The first-order valence-electron chi connectivity index (χ1n) is 10.5. The third-order valence-corrected chi connectivity index (χ3v) is 6.47. The molecule has 0 aromatic carbocycles. The van der Waals surface area contributed by atoms with Gasteiger partial charge in [0.15, 0.2) is 0 Å². The Hall–Kier alpha value is -1.33. The van der Waals surface area contributed by atoms with E-state index in [-0.39, 0.29) is 5.92 Å². The predicted octanol–water partition coefficient (Wildman–Crippen LogP) is 2.89. The second-order valence-corrected chi connectivity index (χ2v) is 8.39. The van der Waals surface area contributed by atoms with Gasteiger partial charge in [-0.25, -0.2) is 0 Å². The Labute approximate surface area is 157 Å². The van der Waals surface area contributed by atoms with E-state index < -0.39 is 0 Å². The maximum Gasteiger partial charge on any atom is 0.226 e. The van der Waals surface area contributed by atoms with Crippen LogP contribution in [0.1, 0.15) is 50.0 Å². The Morgan fingerprint density at radius 1 is 1.04 bits per heavy atom. The normalized spacial score (nSPS) is 26.5. The highest BCUT2D eigenvalue weighted by Crippen LogP contribution is 2.26. The molecule has 3 saturated heterocycles. The highest BCUT2D eigenvalue weighted by atomic mass is 16.3. The van der Waals surface area contributed by atoms with Crippen molar-refractivity contribution < 1.29 is 9.21 Å². The average molecular weight is 360 g/mol. The average Bonchev–Trinajstić information content (AvgIpc) is 3.34. The molecule has 0 spiro atoms. The second-order valence-electron chi connectivity index (χ2n) is 8.39. The molecule has 0 bridgehead atoms. The van der Waals surface area contributed by atoms with Crippen LogP contribution < -0.4 is 0 Å². The van der Waals surface area contributed by atoms with Gasteiger partial charge in [0.05, 0.1) is 12.5 Å². The molecule has 144 valence electrons. The van der Waals surface area contributed by atoms with Crippen LogP contribution in [0, 0.1) is 12.8 Å². The lowest BCUT2D eigenvalue weighted by atomic mass is 9.93. The van der Waals surface area contributed by atoms with Crippen molar-refractivity contribution >= 4 is 5.91 Å². The molecule has 4 rings (SSSR count). The molecule has 0 N–H and O–H groups in total. The van der Waals surface area contributed by atoms with Crippen molar-refractivity contribution in [2.75, 3.05) is 39.3 Å². The van der Waals surface area contributed by atoms with Gasteiger partial charge in [-0.15, -0.1) is 0 Å². The summed E-state index contributed by atoms with van der Waals surface area (Å²) in [6, 6.07) is 4.80. The summed E-state index contributed by atoms with van der Waals surface area (Å²) in [4.78, 5) is 20.0. The minimum Gasteiger partial charge on any atom is -0.465 e. The Bertz CT molecular complexity index is 600. The Kier molecular flexibility index (Phi) is 5.65. The molecule has 0 radical (unpaired) electrons. The number of carbonyl (C=O) groups is 1. The van der Waals surface area contributed by atoms with Crippen LogP contribution in [0.15, 0.2) is 16.5 Å². The van der Waals surface area contributed by atoms with Gasteiger partial charge in [-0.05, 0) is 64.1 Å². The van der Waals surface area contributed by atoms with E-state index in [2.05, 4.69) is 20.8 Å². The van der Waals surface area contributed by atoms with Crippen molar-refractivity contribution in [2.45, 2.75) is 58.0 Å². The minimum absolute atomic E-state index is 0.242. The van der Waals surface area contributed by atoms with Gasteiger partial charge in [-0.3, -0.25) is 14.6 Å². The van der Waals surface area contributed by atoms with Crippen LogP contribution in [0.2, 0.25) is 0 Å². The monoisotopic (exact) mass is 359 g/mol. The molecule has 1 amide bonds. The summed E-state index contributed by atoms with van der Waals surface area (Å²) in [5.74, 6) is 2.75. The molecule has 5 nitrogen and oxygen atoms in total. The number of carbonyl (C=O) groups excluding carboxylic acids is 1. The van der Waals surface area contributed by atoms with Crippen molar-refractivity contribution in [1.82, 2.24) is 14.7 Å². The van der Waals surface area contributed by atoms with Crippen LogP contribution in [-0.4, -0.2) is 65.9 Å². The molecule has 1 atom stereocenters. The molecule has 4 heterocycles. The van der Waals surface area contributed by atoms with Crippen molar-refractivity contribution in [1.29, 1.82) is 0 Å². The number of amides is 1. The summed E-state index contributed by atoms with van der Waals surface area (Å²) in [5.41, 5.74) is 0. The van der Waals surface area contributed by atoms with Gasteiger partial charge in [-0.1, -0.05) is 0 Å². The van der Waals surface area contributed by atoms with Crippen LogP contribution in [0.3, 0.4) is 0 Å². The van der Waals surface area contributed by atoms with E-state index in [1.54, 1.807) is 0 Å². The van der Waals surface area contributed by atoms with E-state index in [1.165, 1.54) is 38.6 Å². The zero-order valence-electron chi connectivity index (χ0n) is 16.2. The fourth-order valence-electron chi connectivity index (χ4n) is 4.97. The van der Waals surface area contributed by atoms with E-state index in [0.717, 1.165) is 57.2 Å². The summed E-state index contributed by atoms with van der Waals surface area (Å²) in [6.07, 6.45) is 7.07. The number of hydrogen-bond donors (Lipinski definition) is 0. The van der Waals surface area contributed by atoms with Crippen LogP contribution in [0.4, 0.5) is 0 Å². The van der Waals surface area contributed by atoms with E-state index in [0.29, 0.717) is 11.9 Å². The molecule has 1 unspecified atom stereocenters. The third-order valence-electron chi connectivity index (χ3n) is 6.47. The Balaban J connectivity index is 1.26. The summed E-state index contributed by atoms with van der Waals surface area (Å²) < 4.78 is 5.72. The number of rotatable bonds is 4. The first-order chi connectivity index (χ1) is 12.7. The maximum atomic E-state index is 12.8. The molecule has 0 saturated carbocycles. The van der Waals surface area contributed by atoms with E-state index in [4.69, 9.17) is 4.42 Å². The molecule has 1 aromatic rings. The summed E-state index contributed by atoms with van der Waals surface area (Å²) in [5, 5.41) is 0. The third kappa shape index (κ3) is 4.15. The largest absolute Gasteiger partial charge is 0.465 e. The number of furan rings is 1. The molecule has 3 fully saturated rings. The van der Waals surface area contributed by atoms with Gasteiger partial charge < -0.3 is 9.32 Å². The fraction of sp³-hybridized carbons (Fsp3) is 0.762. The molecule has 1 aromatic heterocycles. The molecule has 26 heavy (non-hydrogen) atoms. The van der Waals surface area contributed by atoms with Crippen LogP contribution in [0.25, 0.3) is 0 Å². The number of nitrogens with zero attached hydrogens (tertiary/aromatic N) is 3. The molecule has 3 aliphatic heterocycles. The highest BCUT2D eigenvalue weighted by molar-refractivity contribution is 5.79. The topological polar surface area (TPSA) is 39.9 Å². The Morgan fingerprint density at radius 2 is 1.81 bits per heavy atom. The number of aryl methyl sites for hydroxylation is 1. The summed E-state index contributed by atoms with van der Waals surface area (Å²) in [7, 11) is 0. The molecular weight excluding hydrogens is 326 g/mol. The van der Waals surface area contributed by atoms with Gasteiger partial charge in [0.25, 0.3) is 0 Å². The van der Waals surface area contributed by atoms with E-state index in [1.807, 2.05) is 13.0 Å². The lowest BCUT2D eigenvalue weighted by molar-refractivity contribution is -0.136. The van der Waals surface area contributed by atoms with Gasteiger partial charge >= 0.3 is 0 Å². The van der Waals surface area contributed by atoms with Gasteiger partial charge in [0.2, 0.25) is 5.91 Å². The first-order valence-corrected chi connectivity index (χ1v) is 10.5. The predicted molar refractivity (Wildman–Crippen MR) is 102 cm³/mol. The zero-order chi connectivity index (χ0) is 17.9.